The van der Waals surface area contributed by atoms with Gasteiger partial charge in [0.1, 0.15) is 5.82 Å². The molecule has 1 aliphatic heterocycles. The van der Waals surface area contributed by atoms with E-state index in [2.05, 4.69) is 5.32 Å². The Morgan fingerprint density at radius 3 is 3.06 bits per heavy atom. The number of halogens is 1. The summed E-state index contributed by atoms with van der Waals surface area (Å²) in [5, 5.41) is 3.54. The Morgan fingerprint density at radius 2 is 2.38 bits per heavy atom. The monoisotopic (exact) mass is 239 g/mol. The third kappa shape index (κ3) is 3.22. The van der Waals surface area contributed by atoms with E-state index in [0.29, 0.717) is 6.04 Å². The second-order valence-corrected chi connectivity index (χ2v) is 5.53. The van der Waals surface area contributed by atoms with Gasteiger partial charge >= 0.3 is 0 Å². The predicted octanol–water partition coefficient (Wildman–Crippen LogP) is 3.12. The van der Waals surface area contributed by atoms with Crippen LogP contribution in [0.15, 0.2) is 18.2 Å². The first-order valence-corrected chi connectivity index (χ1v) is 6.97. The van der Waals surface area contributed by atoms with Gasteiger partial charge in [0.25, 0.3) is 0 Å². The average molecular weight is 239 g/mol. The highest BCUT2D eigenvalue weighted by atomic mass is 32.2. The normalized spacial score (nSPS) is 21.0. The second-order valence-electron chi connectivity index (χ2n) is 4.38. The average Bonchev–Trinajstić information content (AvgIpc) is 2.32. The van der Waals surface area contributed by atoms with Gasteiger partial charge in [-0.25, -0.2) is 4.39 Å². The summed E-state index contributed by atoms with van der Waals surface area (Å²) in [7, 11) is 0. The van der Waals surface area contributed by atoms with Crippen molar-refractivity contribution in [3.63, 3.8) is 0 Å². The summed E-state index contributed by atoms with van der Waals surface area (Å²) < 4.78 is 13.1. The van der Waals surface area contributed by atoms with Crippen LogP contribution >= 0.6 is 11.8 Å². The molecule has 1 atom stereocenters. The highest BCUT2D eigenvalue weighted by molar-refractivity contribution is 7.99. The standard InChI is InChI=1S/C13H18FNS/c1-10-7-11(4-5-13(10)14)8-15-12-3-2-6-16-9-12/h4-5,7,12,15H,2-3,6,8-9H2,1H3. The maximum Gasteiger partial charge on any atom is 0.126 e. The molecule has 1 aliphatic rings. The highest BCUT2D eigenvalue weighted by Gasteiger charge is 2.12. The first kappa shape index (κ1) is 11.9. The van der Waals surface area contributed by atoms with E-state index in [1.807, 2.05) is 30.8 Å². The van der Waals surface area contributed by atoms with Gasteiger partial charge < -0.3 is 5.32 Å². The van der Waals surface area contributed by atoms with Crippen molar-refractivity contribution in [3.05, 3.63) is 35.1 Å². The van der Waals surface area contributed by atoms with Gasteiger partial charge in [-0.2, -0.15) is 11.8 Å². The number of hydrogen-bond donors (Lipinski definition) is 1. The first-order valence-electron chi connectivity index (χ1n) is 5.82. The molecular formula is C13H18FNS. The van der Waals surface area contributed by atoms with Crippen LogP contribution in [0, 0.1) is 12.7 Å². The molecule has 1 aromatic carbocycles. The Kier molecular flexibility index (Phi) is 4.24. The zero-order valence-corrected chi connectivity index (χ0v) is 10.4. The molecule has 1 N–H and O–H groups in total. The molecule has 1 fully saturated rings. The number of nitrogens with one attached hydrogen (secondary N) is 1. The Balaban J connectivity index is 1.86. The molecule has 1 aromatic rings. The van der Waals surface area contributed by atoms with Gasteiger partial charge in [0.2, 0.25) is 0 Å². The topological polar surface area (TPSA) is 12.0 Å². The van der Waals surface area contributed by atoms with Gasteiger partial charge in [-0.15, -0.1) is 0 Å². The molecule has 1 unspecified atom stereocenters. The molecule has 1 saturated heterocycles. The zero-order chi connectivity index (χ0) is 11.4. The summed E-state index contributed by atoms with van der Waals surface area (Å²) in [6.45, 7) is 2.67. The maximum atomic E-state index is 13.1. The Labute approximate surface area is 101 Å². The molecule has 0 spiro atoms. The van der Waals surface area contributed by atoms with E-state index in [-0.39, 0.29) is 5.82 Å². The van der Waals surface area contributed by atoms with Crippen molar-refractivity contribution in [1.82, 2.24) is 5.32 Å². The number of thioether (sulfide) groups is 1. The van der Waals surface area contributed by atoms with Crippen molar-refractivity contribution in [2.75, 3.05) is 11.5 Å². The Hall–Kier alpha value is -0.540. The minimum absolute atomic E-state index is 0.114. The van der Waals surface area contributed by atoms with Crippen molar-refractivity contribution in [1.29, 1.82) is 0 Å². The van der Waals surface area contributed by atoms with Crippen LogP contribution < -0.4 is 5.32 Å². The Morgan fingerprint density at radius 1 is 1.50 bits per heavy atom. The molecule has 3 heteroatoms. The molecular weight excluding hydrogens is 221 g/mol. The molecule has 16 heavy (non-hydrogen) atoms. The summed E-state index contributed by atoms with van der Waals surface area (Å²) in [5.41, 5.74) is 1.91. The van der Waals surface area contributed by atoms with Gasteiger partial charge in [-0.05, 0) is 42.7 Å². The first-order chi connectivity index (χ1) is 7.75. The van der Waals surface area contributed by atoms with Crippen molar-refractivity contribution in [2.45, 2.75) is 32.4 Å². The molecule has 0 saturated carbocycles. The highest BCUT2D eigenvalue weighted by Crippen LogP contribution is 2.17. The fourth-order valence-electron chi connectivity index (χ4n) is 1.98. The van der Waals surface area contributed by atoms with Gasteiger partial charge in [0.15, 0.2) is 0 Å². The quantitative estimate of drug-likeness (QED) is 0.869. The fourth-order valence-corrected chi connectivity index (χ4v) is 3.09. The van der Waals surface area contributed by atoms with Crippen LogP contribution in [0.5, 0.6) is 0 Å². The van der Waals surface area contributed by atoms with E-state index < -0.39 is 0 Å². The molecule has 0 amide bonds. The molecule has 0 bridgehead atoms. The van der Waals surface area contributed by atoms with Crippen molar-refractivity contribution in [3.8, 4) is 0 Å². The fraction of sp³-hybridized carbons (Fsp3) is 0.538. The molecule has 88 valence electrons. The lowest BCUT2D eigenvalue weighted by molar-refractivity contribution is 0.507. The summed E-state index contributed by atoms with van der Waals surface area (Å²) in [5.74, 6) is 2.39. The van der Waals surface area contributed by atoms with Gasteiger partial charge in [-0.1, -0.05) is 12.1 Å². The minimum atomic E-state index is -0.114. The summed E-state index contributed by atoms with van der Waals surface area (Å²) in [6.07, 6.45) is 2.58. The van der Waals surface area contributed by atoms with E-state index in [1.165, 1.54) is 29.9 Å². The zero-order valence-electron chi connectivity index (χ0n) is 9.63. The van der Waals surface area contributed by atoms with Gasteiger partial charge in [-0.3, -0.25) is 0 Å². The summed E-state index contributed by atoms with van der Waals surface area (Å²) in [6, 6.07) is 5.98. The maximum absolute atomic E-state index is 13.1. The van der Waals surface area contributed by atoms with Gasteiger partial charge in [0, 0.05) is 18.3 Å². The van der Waals surface area contributed by atoms with Crippen LogP contribution in [0.3, 0.4) is 0 Å². The lowest BCUT2D eigenvalue weighted by Crippen LogP contribution is -2.33. The van der Waals surface area contributed by atoms with Crippen LogP contribution in [-0.4, -0.2) is 17.5 Å². The number of rotatable bonds is 3. The van der Waals surface area contributed by atoms with Crippen LogP contribution in [0.25, 0.3) is 0 Å². The third-order valence-corrected chi connectivity index (χ3v) is 4.19. The lowest BCUT2D eigenvalue weighted by atomic mass is 10.1. The van der Waals surface area contributed by atoms with Crippen LogP contribution in [0.4, 0.5) is 4.39 Å². The van der Waals surface area contributed by atoms with Gasteiger partial charge in [0.05, 0.1) is 0 Å². The summed E-state index contributed by atoms with van der Waals surface area (Å²) >= 11 is 2.02. The van der Waals surface area contributed by atoms with E-state index in [4.69, 9.17) is 0 Å². The van der Waals surface area contributed by atoms with Crippen molar-refractivity contribution < 1.29 is 4.39 Å². The van der Waals surface area contributed by atoms with E-state index >= 15 is 0 Å². The van der Waals surface area contributed by atoms with Crippen LogP contribution in [-0.2, 0) is 6.54 Å². The molecule has 2 rings (SSSR count). The molecule has 1 heterocycles. The van der Waals surface area contributed by atoms with Crippen molar-refractivity contribution >= 4 is 11.8 Å². The minimum Gasteiger partial charge on any atom is -0.309 e. The summed E-state index contributed by atoms with van der Waals surface area (Å²) in [4.78, 5) is 0. The Bertz CT molecular complexity index is 348. The van der Waals surface area contributed by atoms with Crippen LogP contribution in [0.2, 0.25) is 0 Å². The number of hydrogen-bond acceptors (Lipinski definition) is 2. The molecule has 1 nitrogen and oxygen atoms in total. The van der Waals surface area contributed by atoms with Crippen molar-refractivity contribution in [2.24, 2.45) is 0 Å². The van der Waals surface area contributed by atoms with E-state index in [1.54, 1.807) is 6.07 Å². The SMILES string of the molecule is Cc1cc(CNC2CCCSC2)ccc1F. The number of benzene rings is 1. The lowest BCUT2D eigenvalue weighted by Gasteiger charge is -2.22. The number of aryl methyl sites for hydroxylation is 1. The van der Waals surface area contributed by atoms with Crippen LogP contribution in [0.1, 0.15) is 24.0 Å². The largest absolute Gasteiger partial charge is 0.309 e. The smallest absolute Gasteiger partial charge is 0.126 e. The van der Waals surface area contributed by atoms with E-state index in [0.717, 1.165) is 12.1 Å². The predicted molar refractivity (Wildman–Crippen MR) is 68.3 cm³/mol. The molecule has 0 aromatic heterocycles. The van der Waals surface area contributed by atoms with E-state index in [9.17, 15) is 4.39 Å². The second kappa shape index (κ2) is 5.69. The molecule has 0 aliphatic carbocycles. The third-order valence-electron chi connectivity index (χ3n) is 2.98. The molecule has 0 radical (unpaired) electrons.